The third kappa shape index (κ3) is 5.11. The molecule has 1 saturated heterocycles. The number of phenols is 1. The number of hydrogen-bond acceptors (Lipinski definition) is 6. The second-order valence-corrected chi connectivity index (χ2v) is 8.16. The van der Waals surface area contributed by atoms with Crippen LogP contribution in [-0.2, 0) is 9.53 Å². The first-order valence-corrected chi connectivity index (χ1v) is 10.8. The molecule has 1 aromatic heterocycles. The fourth-order valence-electron chi connectivity index (χ4n) is 3.96. The van der Waals surface area contributed by atoms with Crippen LogP contribution in [0.5, 0.6) is 5.75 Å². The molecule has 33 heavy (non-hydrogen) atoms. The molecule has 1 amide bonds. The summed E-state index contributed by atoms with van der Waals surface area (Å²) in [5.74, 6) is -0.195. The molecule has 2 aromatic carbocycles. The molecule has 0 atom stereocenters. The van der Waals surface area contributed by atoms with Crippen molar-refractivity contribution in [3.05, 3.63) is 70.1 Å². The van der Waals surface area contributed by atoms with Crippen molar-refractivity contribution in [2.45, 2.75) is 32.8 Å². The number of piperidine rings is 1. The first-order valence-electron chi connectivity index (χ1n) is 10.8. The maximum Gasteiger partial charge on any atom is 0.345 e. The number of H-pyrrole nitrogens is 1. The van der Waals surface area contributed by atoms with Crippen molar-refractivity contribution in [1.29, 1.82) is 0 Å². The fourth-order valence-corrected chi connectivity index (χ4v) is 3.96. The molecule has 2 heterocycles. The summed E-state index contributed by atoms with van der Waals surface area (Å²) in [5.41, 5.74) is 3.30. The fraction of sp³-hybridized carbons (Fsp3) is 0.280. The van der Waals surface area contributed by atoms with Gasteiger partial charge in [-0.05, 0) is 54.4 Å². The van der Waals surface area contributed by atoms with E-state index in [1.54, 1.807) is 60.4 Å². The van der Waals surface area contributed by atoms with Crippen LogP contribution < -0.4 is 5.69 Å². The standard InChI is InChI=1S/C25H25N3O5/c1-15-13-19(7-8-23(15)30)22-14-21(26-25(32)27-22)17-3-5-18(6-4-17)24(31)28-11-9-20(10-12-28)33-16(2)29/h3-8,13-14,20,30H,9-12H2,1-2H3,(H,26,27,32). The van der Waals surface area contributed by atoms with Gasteiger partial charge in [0, 0.05) is 44.0 Å². The predicted octanol–water partition coefficient (Wildman–Crippen LogP) is 3.29. The monoisotopic (exact) mass is 447 g/mol. The third-order valence-corrected chi connectivity index (χ3v) is 5.74. The minimum atomic E-state index is -0.482. The first-order chi connectivity index (χ1) is 15.8. The highest BCUT2D eigenvalue weighted by Gasteiger charge is 2.25. The van der Waals surface area contributed by atoms with E-state index in [2.05, 4.69) is 9.97 Å². The number of carbonyl (C=O) groups is 2. The van der Waals surface area contributed by atoms with E-state index in [0.717, 1.165) is 11.1 Å². The van der Waals surface area contributed by atoms with E-state index in [1.165, 1.54) is 6.92 Å². The smallest absolute Gasteiger partial charge is 0.345 e. The summed E-state index contributed by atoms with van der Waals surface area (Å²) < 4.78 is 5.23. The van der Waals surface area contributed by atoms with E-state index in [4.69, 9.17) is 4.74 Å². The number of nitrogens with zero attached hydrogens (tertiary/aromatic N) is 2. The highest BCUT2D eigenvalue weighted by Crippen LogP contribution is 2.26. The Hall–Kier alpha value is -3.94. The van der Waals surface area contributed by atoms with E-state index in [0.29, 0.717) is 48.4 Å². The van der Waals surface area contributed by atoms with Crippen molar-refractivity contribution in [2.24, 2.45) is 0 Å². The third-order valence-electron chi connectivity index (χ3n) is 5.74. The van der Waals surface area contributed by atoms with Gasteiger partial charge in [-0.2, -0.15) is 4.98 Å². The lowest BCUT2D eigenvalue weighted by Crippen LogP contribution is -2.41. The number of aryl methyl sites for hydroxylation is 1. The number of aromatic hydroxyl groups is 1. The molecule has 1 aliphatic rings. The van der Waals surface area contributed by atoms with Gasteiger partial charge in [-0.1, -0.05) is 12.1 Å². The molecule has 170 valence electrons. The number of carbonyl (C=O) groups excluding carboxylic acids is 2. The molecule has 8 nitrogen and oxygen atoms in total. The molecule has 2 N–H and O–H groups in total. The number of esters is 1. The largest absolute Gasteiger partial charge is 0.508 e. The highest BCUT2D eigenvalue weighted by molar-refractivity contribution is 5.94. The van der Waals surface area contributed by atoms with Gasteiger partial charge in [0.05, 0.1) is 11.4 Å². The Morgan fingerprint density at radius 3 is 2.36 bits per heavy atom. The lowest BCUT2D eigenvalue weighted by atomic mass is 10.0. The number of rotatable bonds is 4. The molecule has 1 aliphatic heterocycles. The Morgan fingerprint density at radius 1 is 1.06 bits per heavy atom. The van der Waals surface area contributed by atoms with Gasteiger partial charge in [-0.3, -0.25) is 9.59 Å². The predicted molar refractivity (Wildman–Crippen MR) is 123 cm³/mol. The van der Waals surface area contributed by atoms with Gasteiger partial charge in [-0.25, -0.2) is 4.79 Å². The van der Waals surface area contributed by atoms with Gasteiger partial charge in [-0.15, -0.1) is 0 Å². The Morgan fingerprint density at radius 2 is 1.73 bits per heavy atom. The van der Waals surface area contributed by atoms with E-state index in [-0.39, 0.29) is 23.7 Å². The number of phenolic OH excluding ortho intramolecular Hbond substituents is 1. The molecule has 0 aliphatic carbocycles. The summed E-state index contributed by atoms with van der Waals surface area (Å²) in [5, 5.41) is 9.75. The highest BCUT2D eigenvalue weighted by atomic mass is 16.5. The number of aromatic nitrogens is 2. The van der Waals surface area contributed by atoms with Crippen molar-refractivity contribution in [2.75, 3.05) is 13.1 Å². The summed E-state index contributed by atoms with van der Waals surface area (Å²) >= 11 is 0. The summed E-state index contributed by atoms with van der Waals surface area (Å²) in [6, 6.07) is 13.9. The second kappa shape index (κ2) is 9.28. The lowest BCUT2D eigenvalue weighted by Gasteiger charge is -2.31. The van der Waals surface area contributed by atoms with Crippen LogP contribution in [0.25, 0.3) is 22.5 Å². The molecule has 0 saturated carbocycles. The van der Waals surface area contributed by atoms with Crippen LogP contribution >= 0.6 is 0 Å². The molecule has 4 rings (SSSR count). The molecule has 8 heteroatoms. The van der Waals surface area contributed by atoms with Crippen molar-refractivity contribution in [1.82, 2.24) is 14.9 Å². The van der Waals surface area contributed by atoms with Gasteiger partial charge < -0.3 is 19.7 Å². The summed E-state index contributed by atoms with van der Waals surface area (Å²) in [6.45, 7) is 4.24. The summed E-state index contributed by atoms with van der Waals surface area (Å²) in [6.07, 6.45) is 1.12. The molecule has 0 unspecified atom stereocenters. The second-order valence-electron chi connectivity index (χ2n) is 8.16. The van der Waals surface area contributed by atoms with Crippen molar-refractivity contribution >= 4 is 11.9 Å². The molecule has 0 radical (unpaired) electrons. The van der Waals surface area contributed by atoms with E-state index >= 15 is 0 Å². The van der Waals surface area contributed by atoms with Crippen molar-refractivity contribution in [3.8, 4) is 28.3 Å². The number of benzene rings is 2. The van der Waals surface area contributed by atoms with Gasteiger partial charge >= 0.3 is 11.7 Å². The van der Waals surface area contributed by atoms with Gasteiger partial charge in [0.25, 0.3) is 5.91 Å². The van der Waals surface area contributed by atoms with Gasteiger partial charge in [0.2, 0.25) is 0 Å². The first kappa shape index (κ1) is 22.3. The maximum absolute atomic E-state index is 12.9. The maximum atomic E-state index is 12.9. The van der Waals surface area contributed by atoms with Crippen LogP contribution in [0, 0.1) is 6.92 Å². The Bertz CT molecular complexity index is 1240. The summed E-state index contributed by atoms with van der Waals surface area (Å²) in [7, 11) is 0. The van der Waals surface area contributed by atoms with Crippen LogP contribution in [0.15, 0.2) is 53.3 Å². The van der Waals surface area contributed by atoms with Crippen molar-refractivity contribution < 1.29 is 19.4 Å². The quantitative estimate of drug-likeness (QED) is 0.594. The number of nitrogens with one attached hydrogen (secondary N) is 1. The molecule has 0 bridgehead atoms. The van der Waals surface area contributed by atoms with Crippen molar-refractivity contribution in [3.63, 3.8) is 0 Å². The SMILES string of the molecule is CC(=O)OC1CCN(C(=O)c2ccc(-c3cc(-c4ccc(O)c(C)c4)nc(=O)[nH]3)cc2)CC1. The lowest BCUT2D eigenvalue weighted by molar-refractivity contribution is -0.148. The van der Waals surface area contributed by atoms with E-state index in [9.17, 15) is 19.5 Å². The number of ether oxygens (including phenoxy) is 1. The van der Waals surface area contributed by atoms with Crippen LogP contribution in [0.1, 0.15) is 35.7 Å². The Balaban J connectivity index is 1.51. The molecule has 0 spiro atoms. The van der Waals surface area contributed by atoms with Crippen LogP contribution in [0.2, 0.25) is 0 Å². The van der Waals surface area contributed by atoms with Crippen LogP contribution in [0.3, 0.4) is 0 Å². The Kier molecular flexibility index (Phi) is 6.26. The number of amides is 1. The zero-order valence-corrected chi connectivity index (χ0v) is 18.5. The van der Waals surface area contributed by atoms with Crippen LogP contribution in [-0.4, -0.2) is 51.0 Å². The summed E-state index contributed by atoms with van der Waals surface area (Å²) in [4.78, 5) is 44.7. The molecular formula is C25H25N3O5. The Labute approximate surface area is 190 Å². The van der Waals surface area contributed by atoms with Gasteiger partial charge in [0.15, 0.2) is 0 Å². The van der Waals surface area contributed by atoms with Gasteiger partial charge in [0.1, 0.15) is 11.9 Å². The van der Waals surface area contributed by atoms with E-state index < -0.39 is 5.69 Å². The topological polar surface area (TPSA) is 113 Å². The average molecular weight is 447 g/mol. The zero-order valence-electron chi connectivity index (χ0n) is 18.5. The zero-order chi connectivity index (χ0) is 23.5. The number of aromatic amines is 1. The minimum Gasteiger partial charge on any atom is -0.508 e. The molecular weight excluding hydrogens is 422 g/mol. The van der Waals surface area contributed by atoms with E-state index in [1.807, 2.05) is 0 Å². The average Bonchev–Trinajstić information content (AvgIpc) is 2.80. The molecule has 3 aromatic rings. The van der Waals surface area contributed by atoms with Crippen LogP contribution in [0.4, 0.5) is 0 Å². The molecule has 1 fully saturated rings. The number of hydrogen-bond donors (Lipinski definition) is 2. The normalized spacial score (nSPS) is 14.2. The number of likely N-dealkylation sites (tertiary alicyclic amines) is 1. The minimum absolute atomic E-state index is 0.0775.